The summed E-state index contributed by atoms with van der Waals surface area (Å²) in [5, 5.41) is 5.76. The molecule has 0 spiro atoms. The van der Waals surface area contributed by atoms with Crippen LogP contribution in [-0.2, 0) is 22.6 Å². The Balaban J connectivity index is 1.41. The number of piperidine rings is 1. The molecule has 3 aromatic rings. The van der Waals surface area contributed by atoms with Gasteiger partial charge in [0.15, 0.2) is 18.1 Å². The van der Waals surface area contributed by atoms with Gasteiger partial charge in [0.2, 0.25) is 5.91 Å². The normalized spacial score (nSPS) is 19.7. The van der Waals surface area contributed by atoms with Crippen molar-refractivity contribution in [1.82, 2.24) is 20.5 Å². The molecule has 0 unspecified atom stereocenters. The Bertz CT molecular complexity index is 1420. The lowest BCUT2D eigenvalue weighted by atomic mass is 10.0. The largest absolute Gasteiger partial charge is 0.493 e. The number of nitrogens with zero attached hydrogens (tertiary/aromatic N) is 2. The van der Waals surface area contributed by atoms with Crippen LogP contribution < -0.4 is 24.8 Å². The number of aryl methyl sites for hydroxylation is 1. The van der Waals surface area contributed by atoms with E-state index in [9.17, 15) is 18.8 Å². The number of halogens is 1. The summed E-state index contributed by atoms with van der Waals surface area (Å²) in [7, 11) is 1.50. The van der Waals surface area contributed by atoms with Gasteiger partial charge in [0.05, 0.1) is 13.2 Å². The molecule has 11 heteroatoms. The number of hydrogen-bond acceptors (Lipinski definition) is 7. The Morgan fingerprint density at radius 2 is 1.95 bits per heavy atom. The predicted molar refractivity (Wildman–Crippen MR) is 146 cm³/mol. The lowest BCUT2D eigenvalue weighted by molar-refractivity contribution is -0.125. The quantitative estimate of drug-likeness (QED) is 0.493. The highest BCUT2D eigenvalue weighted by molar-refractivity contribution is 5.92. The fraction of sp³-hybridized carbons (Fsp3) is 0.333. The molecule has 4 bridgehead atoms. The number of aromatic nitrogens is 1. The SMILES string of the molecule is COc1ccc2cc1OCC(=O)N[C@@H]1CN(C(=O)c3ccccn3)CC[C@H]1Oc1cc(F)cc(c1)CNC(=O)CC2. The molecule has 1 aromatic heterocycles. The van der Waals surface area contributed by atoms with Crippen LogP contribution in [0.3, 0.4) is 0 Å². The number of rotatable bonds is 2. The molecule has 2 aromatic carbocycles. The number of benzene rings is 2. The summed E-state index contributed by atoms with van der Waals surface area (Å²) in [4.78, 5) is 44.5. The van der Waals surface area contributed by atoms with E-state index in [2.05, 4.69) is 15.6 Å². The summed E-state index contributed by atoms with van der Waals surface area (Å²) in [5.74, 6) is -0.310. The zero-order valence-electron chi connectivity index (χ0n) is 22.6. The second-order valence-corrected chi connectivity index (χ2v) is 9.93. The lowest BCUT2D eigenvalue weighted by Crippen LogP contribution is -2.58. The monoisotopic (exact) mass is 562 g/mol. The summed E-state index contributed by atoms with van der Waals surface area (Å²) in [5.41, 5.74) is 1.67. The van der Waals surface area contributed by atoms with Gasteiger partial charge in [-0.25, -0.2) is 4.39 Å². The number of ether oxygens (including phenoxy) is 3. The predicted octanol–water partition coefficient (Wildman–Crippen LogP) is 2.65. The third-order valence-electron chi connectivity index (χ3n) is 7.00. The van der Waals surface area contributed by atoms with Gasteiger partial charge in [0, 0.05) is 44.7 Å². The molecule has 5 rings (SSSR count). The third kappa shape index (κ3) is 7.10. The first-order valence-electron chi connectivity index (χ1n) is 13.4. The molecule has 10 nitrogen and oxygen atoms in total. The van der Waals surface area contributed by atoms with E-state index in [4.69, 9.17) is 14.2 Å². The van der Waals surface area contributed by atoms with Crippen molar-refractivity contribution in [1.29, 1.82) is 0 Å². The maximum Gasteiger partial charge on any atom is 0.272 e. The second-order valence-electron chi connectivity index (χ2n) is 9.93. The summed E-state index contributed by atoms with van der Waals surface area (Å²) >= 11 is 0. The number of fused-ring (bicyclic) bond motifs is 5. The Labute approximate surface area is 236 Å². The number of nitrogens with one attached hydrogen (secondary N) is 2. The molecular weight excluding hydrogens is 531 g/mol. The van der Waals surface area contributed by atoms with Crippen LogP contribution in [0.1, 0.15) is 34.5 Å². The fourth-order valence-corrected chi connectivity index (χ4v) is 4.94. The van der Waals surface area contributed by atoms with Crippen molar-refractivity contribution in [3.63, 3.8) is 0 Å². The molecule has 41 heavy (non-hydrogen) atoms. The molecule has 1 saturated heterocycles. The molecular formula is C30H31FN4O6. The topological polar surface area (TPSA) is 119 Å². The van der Waals surface area contributed by atoms with E-state index in [0.717, 1.165) is 5.56 Å². The van der Waals surface area contributed by atoms with Crippen molar-refractivity contribution in [2.24, 2.45) is 0 Å². The van der Waals surface area contributed by atoms with Gasteiger partial charge in [-0.05, 0) is 53.9 Å². The van der Waals surface area contributed by atoms with E-state index in [-0.39, 0.29) is 43.7 Å². The molecule has 2 N–H and O–H groups in total. The third-order valence-corrected chi connectivity index (χ3v) is 7.00. The van der Waals surface area contributed by atoms with Crippen LogP contribution in [0.15, 0.2) is 60.8 Å². The van der Waals surface area contributed by atoms with Crippen molar-refractivity contribution in [3.8, 4) is 17.2 Å². The summed E-state index contributed by atoms with van der Waals surface area (Å²) in [6, 6.07) is 14.0. The van der Waals surface area contributed by atoms with Crippen LogP contribution in [0.2, 0.25) is 0 Å². The minimum absolute atomic E-state index is 0.126. The number of carbonyl (C=O) groups excluding carboxylic acids is 3. The number of pyridine rings is 1. The molecule has 2 aliphatic heterocycles. The van der Waals surface area contributed by atoms with Crippen molar-refractivity contribution in [3.05, 3.63) is 83.4 Å². The van der Waals surface area contributed by atoms with Crippen molar-refractivity contribution < 1.29 is 33.0 Å². The Morgan fingerprint density at radius 1 is 1.07 bits per heavy atom. The zero-order chi connectivity index (χ0) is 28.8. The second kappa shape index (κ2) is 12.7. The Morgan fingerprint density at radius 3 is 2.76 bits per heavy atom. The molecule has 2 aliphatic rings. The van der Waals surface area contributed by atoms with Gasteiger partial charge < -0.3 is 29.7 Å². The van der Waals surface area contributed by atoms with Crippen molar-refractivity contribution in [2.75, 3.05) is 26.8 Å². The smallest absolute Gasteiger partial charge is 0.272 e. The first-order chi connectivity index (χ1) is 19.9. The minimum atomic E-state index is -0.619. The van der Waals surface area contributed by atoms with Crippen LogP contribution in [0.4, 0.5) is 4.39 Å². The van der Waals surface area contributed by atoms with Gasteiger partial charge in [-0.15, -0.1) is 0 Å². The average molecular weight is 563 g/mol. The van der Waals surface area contributed by atoms with Gasteiger partial charge in [-0.3, -0.25) is 19.4 Å². The van der Waals surface area contributed by atoms with E-state index < -0.39 is 23.9 Å². The molecule has 3 amide bonds. The summed E-state index contributed by atoms with van der Waals surface area (Å²) in [6.45, 7) is 0.316. The van der Waals surface area contributed by atoms with Gasteiger partial charge in [0.1, 0.15) is 23.4 Å². The zero-order valence-corrected chi connectivity index (χ0v) is 22.6. The molecule has 214 valence electrons. The lowest BCUT2D eigenvalue weighted by Gasteiger charge is -2.38. The highest BCUT2D eigenvalue weighted by Crippen LogP contribution is 2.29. The standard InChI is InChI=1S/C30H31FN4O6/c1-39-26-7-5-19-6-8-28(36)33-16-20-12-21(31)15-22(13-20)41-25-9-11-35(30(38)23-4-2-3-10-32-23)17-24(25)34-29(37)18-40-27(26)14-19/h2-5,7,10,12-15,24-25H,6,8-9,11,16-18H2,1H3,(H,33,36)(H,34,37)/t24-,25-/m1/s1. The minimum Gasteiger partial charge on any atom is -0.493 e. The summed E-state index contributed by atoms with van der Waals surface area (Å²) in [6.07, 6.45) is 2.00. The Hall–Kier alpha value is -4.67. The first-order valence-corrected chi connectivity index (χ1v) is 13.4. The van der Waals surface area contributed by atoms with Gasteiger partial charge in [-0.1, -0.05) is 12.1 Å². The van der Waals surface area contributed by atoms with Gasteiger partial charge >= 0.3 is 0 Å². The molecule has 3 heterocycles. The van der Waals surface area contributed by atoms with Crippen LogP contribution in [0.25, 0.3) is 0 Å². The van der Waals surface area contributed by atoms with E-state index in [1.807, 2.05) is 6.07 Å². The summed E-state index contributed by atoms with van der Waals surface area (Å²) < 4.78 is 31.9. The number of hydrogen-bond donors (Lipinski definition) is 2. The van der Waals surface area contributed by atoms with E-state index >= 15 is 0 Å². The molecule has 0 saturated carbocycles. The van der Waals surface area contributed by atoms with Crippen LogP contribution in [-0.4, -0.2) is 66.6 Å². The average Bonchev–Trinajstić information content (AvgIpc) is 2.98. The van der Waals surface area contributed by atoms with Crippen LogP contribution in [0.5, 0.6) is 17.2 Å². The molecule has 0 radical (unpaired) electrons. The van der Waals surface area contributed by atoms with E-state index in [1.54, 1.807) is 47.5 Å². The molecule has 2 atom stereocenters. The number of amides is 3. The van der Waals surface area contributed by atoms with E-state index in [1.165, 1.54) is 19.2 Å². The highest BCUT2D eigenvalue weighted by atomic mass is 19.1. The maximum atomic E-state index is 14.5. The highest BCUT2D eigenvalue weighted by Gasteiger charge is 2.35. The van der Waals surface area contributed by atoms with Gasteiger partial charge in [0.25, 0.3) is 11.8 Å². The molecule has 1 fully saturated rings. The molecule has 0 aliphatic carbocycles. The number of carbonyl (C=O) groups is 3. The van der Waals surface area contributed by atoms with Crippen LogP contribution >= 0.6 is 0 Å². The fourth-order valence-electron chi connectivity index (χ4n) is 4.94. The number of methoxy groups -OCH3 is 1. The Kier molecular flexibility index (Phi) is 8.61. The number of likely N-dealkylation sites (tertiary alicyclic amines) is 1. The maximum absolute atomic E-state index is 14.5. The van der Waals surface area contributed by atoms with Gasteiger partial charge in [-0.2, -0.15) is 0 Å². The van der Waals surface area contributed by atoms with Crippen LogP contribution in [0, 0.1) is 5.82 Å². The first kappa shape index (κ1) is 27.9. The van der Waals surface area contributed by atoms with E-state index in [0.29, 0.717) is 42.1 Å². The van der Waals surface area contributed by atoms with Crippen molar-refractivity contribution >= 4 is 17.7 Å². The van der Waals surface area contributed by atoms with Crippen molar-refractivity contribution in [2.45, 2.75) is 38.0 Å².